The summed E-state index contributed by atoms with van der Waals surface area (Å²) < 4.78 is 0. The van der Waals surface area contributed by atoms with Crippen LogP contribution >= 0.6 is 11.3 Å². The number of hydrogen-bond donors (Lipinski definition) is 0. The number of thiophene rings is 1. The lowest BCUT2D eigenvalue weighted by Gasteiger charge is -2.27. The van der Waals surface area contributed by atoms with Gasteiger partial charge in [-0.1, -0.05) is 6.07 Å². The first kappa shape index (κ1) is 12.7. The summed E-state index contributed by atoms with van der Waals surface area (Å²) in [5, 5.41) is 2.01. The van der Waals surface area contributed by atoms with Gasteiger partial charge in [-0.2, -0.15) is 0 Å². The van der Waals surface area contributed by atoms with E-state index in [9.17, 15) is 9.59 Å². The molecule has 0 saturated carbocycles. The fraction of sp³-hybridized carbons (Fsp3) is 0.571. The zero-order valence-corrected chi connectivity index (χ0v) is 11.7. The Hall–Kier alpha value is -1.36. The van der Waals surface area contributed by atoms with Crippen molar-refractivity contribution >= 4 is 23.2 Å². The van der Waals surface area contributed by atoms with Crippen molar-refractivity contribution in [1.82, 2.24) is 9.80 Å². The zero-order chi connectivity index (χ0) is 13.2. The van der Waals surface area contributed by atoms with Crippen LogP contribution in [0, 0.1) is 0 Å². The van der Waals surface area contributed by atoms with Crippen LogP contribution < -0.4 is 0 Å². The number of hydrogen-bond acceptors (Lipinski definition) is 3. The zero-order valence-electron chi connectivity index (χ0n) is 10.9. The van der Waals surface area contributed by atoms with Crippen LogP contribution in [0.1, 0.15) is 30.6 Å². The van der Waals surface area contributed by atoms with E-state index in [0.717, 1.165) is 30.8 Å². The maximum Gasteiger partial charge on any atom is 0.245 e. The first-order valence-electron chi connectivity index (χ1n) is 6.86. The Bertz CT molecular complexity index is 466. The number of carbonyl (C=O) groups excluding carboxylic acids is 2. The molecule has 2 fully saturated rings. The normalized spacial score (nSPS) is 23.4. The van der Waals surface area contributed by atoms with Crippen LogP contribution in [0.4, 0.5) is 0 Å². The summed E-state index contributed by atoms with van der Waals surface area (Å²) >= 11 is 1.64. The van der Waals surface area contributed by atoms with Crippen LogP contribution in [0.3, 0.4) is 0 Å². The molecule has 5 heteroatoms. The van der Waals surface area contributed by atoms with Crippen LogP contribution in [-0.2, 0) is 16.1 Å². The fourth-order valence-electron chi connectivity index (χ4n) is 2.91. The van der Waals surface area contributed by atoms with E-state index in [0.29, 0.717) is 19.4 Å². The summed E-state index contributed by atoms with van der Waals surface area (Å²) in [7, 11) is 0. The van der Waals surface area contributed by atoms with Gasteiger partial charge in [-0.3, -0.25) is 9.59 Å². The highest BCUT2D eigenvalue weighted by atomic mass is 32.1. The van der Waals surface area contributed by atoms with Gasteiger partial charge in [0.1, 0.15) is 6.04 Å². The van der Waals surface area contributed by atoms with Gasteiger partial charge in [-0.05, 0) is 30.7 Å². The second-order valence-electron chi connectivity index (χ2n) is 5.19. The van der Waals surface area contributed by atoms with Gasteiger partial charge < -0.3 is 9.80 Å². The van der Waals surface area contributed by atoms with Crippen molar-refractivity contribution in [2.75, 3.05) is 13.1 Å². The minimum atomic E-state index is -0.229. The molecule has 2 saturated heterocycles. The number of carbonyl (C=O) groups is 2. The van der Waals surface area contributed by atoms with Crippen molar-refractivity contribution in [3.63, 3.8) is 0 Å². The summed E-state index contributed by atoms with van der Waals surface area (Å²) in [6.07, 6.45) is 3.38. The molecule has 0 spiro atoms. The van der Waals surface area contributed by atoms with Crippen molar-refractivity contribution in [2.45, 2.75) is 38.3 Å². The quantitative estimate of drug-likeness (QED) is 0.847. The second kappa shape index (κ2) is 5.33. The highest BCUT2D eigenvalue weighted by Gasteiger charge is 2.38. The smallest absolute Gasteiger partial charge is 0.245 e. The summed E-state index contributed by atoms with van der Waals surface area (Å²) in [5.41, 5.74) is 0. The van der Waals surface area contributed by atoms with Gasteiger partial charge in [0.05, 0.1) is 6.54 Å². The van der Waals surface area contributed by atoms with Crippen molar-refractivity contribution < 1.29 is 9.59 Å². The van der Waals surface area contributed by atoms with Crippen LogP contribution in [0.15, 0.2) is 17.5 Å². The van der Waals surface area contributed by atoms with Crippen LogP contribution in [-0.4, -0.2) is 40.7 Å². The Labute approximate surface area is 117 Å². The van der Waals surface area contributed by atoms with E-state index in [1.54, 1.807) is 16.2 Å². The molecule has 19 heavy (non-hydrogen) atoms. The Balaban J connectivity index is 1.72. The van der Waals surface area contributed by atoms with E-state index in [1.165, 1.54) is 0 Å². The third-order valence-electron chi connectivity index (χ3n) is 3.94. The minimum absolute atomic E-state index is 0.117. The van der Waals surface area contributed by atoms with Crippen LogP contribution in [0.2, 0.25) is 0 Å². The molecule has 3 rings (SSSR count). The molecule has 4 nitrogen and oxygen atoms in total. The van der Waals surface area contributed by atoms with E-state index in [2.05, 4.69) is 0 Å². The molecule has 0 unspecified atom stereocenters. The molecule has 2 amide bonds. The third kappa shape index (κ3) is 2.52. The minimum Gasteiger partial charge on any atom is -0.341 e. The first-order valence-corrected chi connectivity index (χ1v) is 7.74. The Morgan fingerprint density at radius 2 is 2.16 bits per heavy atom. The standard InChI is InChI=1S/C14H18N2O2S/c17-13-6-5-12(14(18)15-7-1-2-8-15)16(13)10-11-4-3-9-19-11/h3-4,9,12H,1-2,5-8,10H2/t12-/m1/s1. The van der Waals surface area contributed by atoms with Crippen molar-refractivity contribution in [3.8, 4) is 0 Å². The average Bonchev–Trinajstić information content (AvgIpc) is 3.13. The van der Waals surface area contributed by atoms with Gasteiger partial charge in [0.25, 0.3) is 0 Å². The molecule has 102 valence electrons. The predicted molar refractivity (Wildman–Crippen MR) is 73.7 cm³/mol. The van der Waals surface area contributed by atoms with Gasteiger partial charge in [-0.25, -0.2) is 0 Å². The molecule has 3 heterocycles. The number of likely N-dealkylation sites (tertiary alicyclic amines) is 2. The predicted octanol–water partition coefficient (Wildman–Crippen LogP) is 1.86. The molecule has 2 aliphatic rings. The number of rotatable bonds is 3. The third-order valence-corrected chi connectivity index (χ3v) is 4.80. The van der Waals surface area contributed by atoms with Gasteiger partial charge in [0.15, 0.2) is 0 Å². The number of nitrogens with zero attached hydrogens (tertiary/aromatic N) is 2. The van der Waals surface area contributed by atoms with Crippen LogP contribution in [0.25, 0.3) is 0 Å². The van der Waals surface area contributed by atoms with Crippen LogP contribution in [0.5, 0.6) is 0 Å². The second-order valence-corrected chi connectivity index (χ2v) is 6.22. The van der Waals surface area contributed by atoms with E-state index < -0.39 is 0 Å². The lowest BCUT2D eigenvalue weighted by molar-refractivity contribution is -0.141. The van der Waals surface area contributed by atoms with E-state index in [1.807, 2.05) is 22.4 Å². The summed E-state index contributed by atoms with van der Waals surface area (Å²) in [4.78, 5) is 29.3. The van der Waals surface area contributed by atoms with Crippen molar-refractivity contribution in [3.05, 3.63) is 22.4 Å². The summed E-state index contributed by atoms with van der Waals surface area (Å²) in [6.45, 7) is 2.30. The maximum absolute atomic E-state index is 12.5. The monoisotopic (exact) mass is 278 g/mol. The molecule has 0 N–H and O–H groups in total. The topological polar surface area (TPSA) is 40.6 Å². The summed E-state index contributed by atoms with van der Waals surface area (Å²) in [5.74, 6) is 0.269. The molecule has 0 radical (unpaired) electrons. The highest BCUT2D eigenvalue weighted by Crippen LogP contribution is 2.25. The Morgan fingerprint density at radius 3 is 2.84 bits per heavy atom. The van der Waals surface area contributed by atoms with Gasteiger partial charge in [0, 0.05) is 24.4 Å². The summed E-state index contributed by atoms with van der Waals surface area (Å²) in [6, 6.07) is 3.78. The first-order chi connectivity index (χ1) is 9.25. The molecule has 2 aliphatic heterocycles. The average molecular weight is 278 g/mol. The highest BCUT2D eigenvalue weighted by molar-refractivity contribution is 7.09. The number of amides is 2. The fourth-order valence-corrected chi connectivity index (χ4v) is 3.61. The van der Waals surface area contributed by atoms with Gasteiger partial charge >= 0.3 is 0 Å². The SMILES string of the molecule is O=C([C@H]1CCC(=O)N1Cc1cccs1)N1CCCC1. The van der Waals surface area contributed by atoms with Crippen molar-refractivity contribution in [1.29, 1.82) is 0 Å². The molecule has 0 aromatic carbocycles. The Morgan fingerprint density at radius 1 is 1.37 bits per heavy atom. The van der Waals surface area contributed by atoms with Gasteiger partial charge in [-0.15, -0.1) is 11.3 Å². The molecule has 1 atom stereocenters. The Kier molecular flexibility index (Phi) is 3.55. The lowest BCUT2D eigenvalue weighted by atomic mass is 10.2. The van der Waals surface area contributed by atoms with E-state index in [-0.39, 0.29) is 17.9 Å². The molecule has 1 aromatic heterocycles. The van der Waals surface area contributed by atoms with E-state index in [4.69, 9.17) is 0 Å². The maximum atomic E-state index is 12.5. The van der Waals surface area contributed by atoms with Crippen molar-refractivity contribution in [2.24, 2.45) is 0 Å². The molecular weight excluding hydrogens is 260 g/mol. The van der Waals surface area contributed by atoms with E-state index >= 15 is 0 Å². The van der Waals surface area contributed by atoms with Gasteiger partial charge in [0.2, 0.25) is 11.8 Å². The molecule has 0 aliphatic carbocycles. The largest absolute Gasteiger partial charge is 0.341 e. The lowest BCUT2D eigenvalue weighted by Crippen LogP contribution is -2.45. The molecular formula is C14H18N2O2S. The molecule has 1 aromatic rings. The molecule has 0 bridgehead atoms.